The number of nitrogens with zero attached hydrogens (tertiary/aromatic N) is 4. The van der Waals surface area contributed by atoms with Crippen molar-refractivity contribution in [2.45, 2.75) is 63.6 Å². The van der Waals surface area contributed by atoms with Crippen LogP contribution in [0.25, 0.3) is 0 Å². The standard InChI is InChI=1S/C20H30N6S/c1-14-11-15(2)13-16(12-14)23-19(21)22-10-6-9-18-24-25-20(27-3)26(18)17-7-4-5-8-17/h11-13,17H,4-10H2,1-3H3,(H3,21,22,23). The minimum absolute atomic E-state index is 0.460. The van der Waals surface area contributed by atoms with Gasteiger partial charge in [-0.3, -0.25) is 4.99 Å². The van der Waals surface area contributed by atoms with Crippen LogP contribution in [-0.2, 0) is 6.42 Å². The number of anilines is 1. The van der Waals surface area contributed by atoms with Gasteiger partial charge in [0, 0.05) is 24.7 Å². The SMILES string of the molecule is CSc1nnc(CCCN=C(N)Nc2cc(C)cc(C)c2)n1C1CCCC1. The molecular weight excluding hydrogens is 356 g/mol. The zero-order valence-electron chi connectivity index (χ0n) is 16.5. The molecule has 1 aliphatic carbocycles. The summed E-state index contributed by atoms with van der Waals surface area (Å²) in [5, 5.41) is 13.0. The van der Waals surface area contributed by atoms with Crippen LogP contribution in [0.4, 0.5) is 5.69 Å². The van der Waals surface area contributed by atoms with Gasteiger partial charge in [-0.15, -0.1) is 10.2 Å². The highest BCUT2D eigenvalue weighted by molar-refractivity contribution is 7.98. The molecule has 0 radical (unpaired) electrons. The molecule has 1 aromatic carbocycles. The first-order chi connectivity index (χ1) is 13.1. The third-order valence-electron chi connectivity index (χ3n) is 4.94. The Morgan fingerprint density at radius 2 is 1.93 bits per heavy atom. The van der Waals surface area contributed by atoms with Crippen molar-refractivity contribution in [2.24, 2.45) is 10.7 Å². The number of nitrogens with one attached hydrogen (secondary N) is 1. The third kappa shape index (κ3) is 5.25. The monoisotopic (exact) mass is 386 g/mol. The normalized spacial score (nSPS) is 15.4. The van der Waals surface area contributed by atoms with E-state index in [4.69, 9.17) is 5.73 Å². The minimum Gasteiger partial charge on any atom is -0.370 e. The molecule has 0 spiro atoms. The topological polar surface area (TPSA) is 81.1 Å². The van der Waals surface area contributed by atoms with Crippen LogP contribution in [0.3, 0.4) is 0 Å². The Labute approximate surface area is 166 Å². The summed E-state index contributed by atoms with van der Waals surface area (Å²) < 4.78 is 2.36. The lowest BCUT2D eigenvalue weighted by Gasteiger charge is -2.16. The van der Waals surface area contributed by atoms with E-state index in [1.54, 1.807) is 11.8 Å². The molecule has 6 nitrogen and oxygen atoms in total. The fraction of sp³-hybridized carbons (Fsp3) is 0.550. The summed E-state index contributed by atoms with van der Waals surface area (Å²) in [7, 11) is 0. The van der Waals surface area contributed by atoms with Gasteiger partial charge in [-0.1, -0.05) is 30.7 Å². The predicted octanol–water partition coefficient (Wildman–Crippen LogP) is 4.09. The first kappa shape index (κ1) is 19.7. The molecule has 0 bridgehead atoms. The van der Waals surface area contributed by atoms with Crippen molar-refractivity contribution in [1.29, 1.82) is 0 Å². The third-order valence-corrected chi connectivity index (χ3v) is 5.59. The summed E-state index contributed by atoms with van der Waals surface area (Å²) in [6.07, 6.45) is 8.96. The van der Waals surface area contributed by atoms with E-state index >= 15 is 0 Å². The lowest BCUT2D eigenvalue weighted by Crippen LogP contribution is -2.23. The van der Waals surface area contributed by atoms with Crippen LogP contribution in [0.15, 0.2) is 28.3 Å². The second kappa shape index (κ2) is 9.26. The molecule has 1 saturated carbocycles. The van der Waals surface area contributed by atoms with Crippen LogP contribution in [0.2, 0.25) is 0 Å². The number of benzene rings is 1. The van der Waals surface area contributed by atoms with E-state index in [2.05, 4.69) is 63.4 Å². The minimum atomic E-state index is 0.460. The summed E-state index contributed by atoms with van der Waals surface area (Å²) in [4.78, 5) is 4.47. The molecule has 1 fully saturated rings. The molecule has 0 amide bonds. The number of guanidine groups is 1. The summed E-state index contributed by atoms with van der Waals surface area (Å²) >= 11 is 1.68. The van der Waals surface area contributed by atoms with E-state index in [0.717, 1.165) is 29.5 Å². The summed E-state index contributed by atoms with van der Waals surface area (Å²) in [5.74, 6) is 1.55. The smallest absolute Gasteiger partial charge is 0.193 e. The van der Waals surface area contributed by atoms with Crippen LogP contribution >= 0.6 is 11.8 Å². The molecule has 7 heteroatoms. The van der Waals surface area contributed by atoms with Crippen LogP contribution < -0.4 is 11.1 Å². The average Bonchev–Trinajstić information content (AvgIpc) is 3.26. The Balaban J connectivity index is 1.55. The molecule has 27 heavy (non-hydrogen) atoms. The van der Waals surface area contributed by atoms with Crippen molar-refractivity contribution >= 4 is 23.4 Å². The fourth-order valence-electron chi connectivity index (χ4n) is 3.82. The van der Waals surface area contributed by atoms with E-state index in [0.29, 0.717) is 18.5 Å². The van der Waals surface area contributed by atoms with Gasteiger partial charge < -0.3 is 15.6 Å². The van der Waals surface area contributed by atoms with Gasteiger partial charge in [0.1, 0.15) is 5.82 Å². The Kier molecular flexibility index (Phi) is 6.77. The number of aliphatic imine (C=N–C) groups is 1. The zero-order valence-corrected chi connectivity index (χ0v) is 17.4. The molecule has 1 aliphatic rings. The van der Waals surface area contributed by atoms with Gasteiger partial charge in [-0.05, 0) is 62.6 Å². The molecule has 0 unspecified atom stereocenters. The van der Waals surface area contributed by atoms with Crippen molar-refractivity contribution in [1.82, 2.24) is 14.8 Å². The molecule has 3 rings (SSSR count). The second-order valence-electron chi connectivity index (χ2n) is 7.28. The van der Waals surface area contributed by atoms with Crippen molar-refractivity contribution < 1.29 is 0 Å². The highest BCUT2D eigenvalue weighted by Gasteiger charge is 2.23. The Morgan fingerprint density at radius 3 is 2.59 bits per heavy atom. The van der Waals surface area contributed by atoms with Crippen LogP contribution in [0.5, 0.6) is 0 Å². The highest BCUT2D eigenvalue weighted by atomic mass is 32.2. The number of hydrogen-bond acceptors (Lipinski definition) is 4. The van der Waals surface area contributed by atoms with Crippen LogP contribution in [-0.4, -0.2) is 33.5 Å². The Bertz CT molecular complexity index is 772. The van der Waals surface area contributed by atoms with Crippen LogP contribution in [0.1, 0.15) is 55.1 Å². The molecule has 1 heterocycles. The van der Waals surface area contributed by atoms with E-state index in [1.165, 1.54) is 36.8 Å². The summed E-state index contributed by atoms with van der Waals surface area (Å²) in [6.45, 7) is 4.83. The molecule has 0 saturated heterocycles. The van der Waals surface area contributed by atoms with Crippen molar-refractivity contribution in [3.63, 3.8) is 0 Å². The van der Waals surface area contributed by atoms with Crippen molar-refractivity contribution in [2.75, 3.05) is 18.1 Å². The summed E-state index contributed by atoms with van der Waals surface area (Å²) in [5.41, 5.74) is 9.45. The number of aryl methyl sites for hydroxylation is 3. The number of hydrogen-bond donors (Lipinski definition) is 2. The first-order valence-electron chi connectivity index (χ1n) is 9.70. The number of thioether (sulfide) groups is 1. The van der Waals surface area contributed by atoms with Crippen molar-refractivity contribution in [3.05, 3.63) is 35.2 Å². The molecule has 1 aromatic heterocycles. The molecular formula is C20H30N6S. The first-order valence-corrected chi connectivity index (χ1v) is 10.9. The number of rotatable bonds is 7. The van der Waals surface area contributed by atoms with Gasteiger partial charge in [0.15, 0.2) is 11.1 Å². The quantitative estimate of drug-likeness (QED) is 0.324. The van der Waals surface area contributed by atoms with E-state index in [-0.39, 0.29) is 0 Å². The number of nitrogens with two attached hydrogens (primary N) is 1. The van der Waals surface area contributed by atoms with Gasteiger partial charge in [-0.25, -0.2) is 0 Å². The average molecular weight is 387 g/mol. The highest BCUT2D eigenvalue weighted by Crippen LogP contribution is 2.33. The van der Waals surface area contributed by atoms with E-state index in [9.17, 15) is 0 Å². The number of aromatic nitrogens is 3. The van der Waals surface area contributed by atoms with E-state index < -0.39 is 0 Å². The van der Waals surface area contributed by atoms with Gasteiger partial charge in [0.25, 0.3) is 0 Å². The molecule has 146 valence electrons. The molecule has 2 aromatic rings. The molecule has 0 atom stereocenters. The van der Waals surface area contributed by atoms with Gasteiger partial charge in [-0.2, -0.15) is 0 Å². The van der Waals surface area contributed by atoms with Crippen LogP contribution in [0, 0.1) is 13.8 Å². The fourth-order valence-corrected chi connectivity index (χ4v) is 4.39. The largest absolute Gasteiger partial charge is 0.370 e. The Hall–Kier alpha value is -2.02. The maximum atomic E-state index is 6.04. The zero-order chi connectivity index (χ0) is 19.2. The predicted molar refractivity (Wildman–Crippen MR) is 114 cm³/mol. The maximum Gasteiger partial charge on any atom is 0.193 e. The van der Waals surface area contributed by atoms with E-state index in [1.807, 2.05) is 0 Å². The summed E-state index contributed by atoms with van der Waals surface area (Å²) in [6, 6.07) is 6.85. The second-order valence-corrected chi connectivity index (χ2v) is 8.06. The lowest BCUT2D eigenvalue weighted by atomic mass is 10.1. The molecule has 3 N–H and O–H groups in total. The Morgan fingerprint density at radius 1 is 1.22 bits per heavy atom. The van der Waals surface area contributed by atoms with Gasteiger partial charge >= 0.3 is 0 Å². The lowest BCUT2D eigenvalue weighted by molar-refractivity contribution is 0.461. The maximum absolute atomic E-state index is 6.04. The molecule has 0 aliphatic heterocycles. The van der Waals surface area contributed by atoms with Gasteiger partial charge in [0.05, 0.1) is 0 Å². The van der Waals surface area contributed by atoms with Crippen molar-refractivity contribution in [3.8, 4) is 0 Å². The van der Waals surface area contributed by atoms with Gasteiger partial charge in [0.2, 0.25) is 0 Å².